The summed E-state index contributed by atoms with van der Waals surface area (Å²) in [6.45, 7) is 4.69. The summed E-state index contributed by atoms with van der Waals surface area (Å²) >= 11 is 0.895. The Hall–Kier alpha value is -1.20. The van der Waals surface area contributed by atoms with Gasteiger partial charge >= 0.3 is 5.97 Å². The van der Waals surface area contributed by atoms with Crippen LogP contribution in [0.25, 0.3) is 0 Å². The van der Waals surface area contributed by atoms with Crippen molar-refractivity contribution in [1.82, 2.24) is 14.5 Å². The third-order valence-corrected chi connectivity index (χ3v) is 8.09. The van der Waals surface area contributed by atoms with Crippen molar-refractivity contribution >= 4 is 27.3 Å². The van der Waals surface area contributed by atoms with Gasteiger partial charge in [-0.15, -0.1) is 11.3 Å². The van der Waals surface area contributed by atoms with Crippen LogP contribution in [0.3, 0.4) is 0 Å². The molecule has 3 rings (SSSR count). The average Bonchev–Trinajstić information content (AvgIpc) is 3.29. The van der Waals surface area contributed by atoms with Crippen LogP contribution in [-0.2, 0) is 14.8 Å². The molecule has 25 heavy (non-hydrogen) atoms. The summed E-state index contributed by atoms with van der Waals surface area (Å²) in [5.74, 6) is -0.374. The number of piperazine rings is 1. The van der Waals surface area contributed by atoms with Gasteiger partial charge in [-0.2, -0.15) is 4.31 Å². The van der Waals surface area contributed by atoms with Gasteiger partial charge in [0.25, 0.3) is 10.0 Å². The molecule has 2 aliphatic rings. The van der Waals surface area contributed by atoms with E-state index in [1.54, 1.807) is 0 Å². The molecule has 1 unspecified atom stereocenters. The van der Waals surface area contributed by atoms with E-state index in [9.17, 15) is 13.2 Å². The molecule has 2 aliphatic heterocycles. The van der Waals surface area contributed by atoms with Crippen molar-refractivity contribution in [1.29, 1.82) is 0 Å². The molecular weight excluding hydrogens is 366 g/mol. The minimum Gasteiger partial charge on any atom is -0.494 e. The molecule has 0 aliphatic carbocycles. The summed E-state index contributed by atoms with van der Waals surface area (Å²) in [5.41, 5.74) is 0. The van der Waals surface area contributed by atoms with Crippen molar-refractivity contribution in [2.75, 3.05) is 53.5 Å². The normalized spacial score (nSPS) is 22.9. The van der Waals surface area contributed by atoms with E-state index < -0.39 is 16.0 Å². The maximum absolute atomic E-state index is 13.0. The number of carbonyl (C=O) groups excluding carboxylic acids is 1. The number of hydrogen-bond donors (Lipinski definition) is 1. The minimum atomic E-state index is -3.70. The van der Waals surface area contributed by atoms with E-state index >= 15 is 0 Å². The lowest BCUT2D eigenvalue weighted by molar-refractivity contribution is 0.0606. The van der Waals surface area contributed by atoms with Gasteiger partial charge in [-0.25, -0.2) is 13.2 Å². The molecule has 1 N–H and O–H groups in total. The molecule has 0 amide bonds. The standard InChI is InChI=1S/C15H23N3O5S2/c1-22-12-9-13(14(19)23-2)24-15(12)25(20,21)18-6-3-11(10-18)17-7-4-16-5-8-17/h9,11,16H,3-8,10H2,1-2H3. The molecule has 0 radical (unpaired) electrons. The third kappa shape index (κ3) is 3.68. The number of hydrogen-bond acceptors (Lipinski definition) is 8. The monoisotopic (exact) mass is 389 g/mol. The molecule has 1 atom stereocenters. The Morgan fingerprint density at radius 1 is 1.28 bits per heavy atom. The van der Waals surface area contributed by atoms with E-state index in [1.165, 1.54) is 24.6 Å². The Labute approximate surface area is 151 Å². The fourth-order valence-electron chi connectivity index (χ4n) is 3.27. The first kappa shape index (κ1) is 18.6. The van der Waals surface area contributed by atoms with Crippen LogP contribution in [0, 0.1) is 0 Å². The number of thiophene rings is 1. The van der Waals surface area contributed by atoms with Crippen LogP contribution < -0.4 is 10.1 Å². The van der Waals surface area contributed by atoms with Gasteiger partial charge in [-0.05, 0) is 6.42 Å². The highest BCUT2D eigenvalue weighted by molar-refractivity contribution is 7.91. The molecule has 2 fully saturated rings. The molecule has 3 heterocycles. The van der Waals surface area contributed by atoms with E-state index in [0.29, 0.717) is 13.1 Å². The van der Waals surface area contributed by atoms with Crippen LogP contribution in [-0.4, -0.2) is 83.1 Å². The molecule has 1 aromatic heterocycles. The molecule has 0 spiro atoms. The van der Waals surface area contributed by atoms with Gasteiger partial charge in [0, 0.05) is 51.4 Å². The summed E-state index contributed by atoms with van der Waals surface area (Å²) in [6.07, 6.45) is 0.816. The van der Waals surface area contributed by atoms with Gasteiger partial charge in [0.05, 0.1) is 14.2 Å². The Morgan fingerprint density at radius 3 is 2.64 bits per heavy atom. The molecule has 0 bridgehead atoms. The zero-order chi connectivity index (χ0) is 18.0. The topological polar surface area (TPSA) is 88.2 Å². The fourth-order valence-corrected chi connectivity index (χ4v) is 6.40. The molecule has 0 saturated carbocycles. The Bertz CT molecular complexity index is 728. The number of rotatable bonds is 5. The van der Waals surface area contributed by atoms with Gasteiger partial charge in [0.1, 0.15) is 4.88 Å². The first-order valence-electron chi connectivity index (χ1n) is 8.18. The molecular formula is C15H23N3O5S2. The van der Waals surface area contributed by atoms with Crippen LogP contribution in [0.5, 0.6) is 5.75 Å². The van der Waals surface area contributed by atoms with E-state index in [2.05, 4.69) is 15.0 Å². The predicted molar refractivity (Wildman–Crippen MR) is 93.8 cm³/mol. The SMILES string of the molecule is COC(=O)c1cc(OC)c(S(=O)(=O)N2CCC(N3CCNCC3)C2)s1. The van der Waals surface area contributed by atoms with E-state index in [0.717, 1.165) is 43.9 Å². The second-order valence-corrected chi connectivity index (χ2v) is 9.23. The first-order chi connectivity index (χ1) is 12.0. The number of carbonyl (C=O) groups is 1. The van der Waals surface area contributed by atoms with Crippen LogP contribution in [0.1, 0.15) is 16.1 Å². The number of nitrogens with zero attached hydrogens (tertiary/aromatic N) is 2. The smallest absolute Gasteiger partial charge is 0.348 e. The number of methoxy groups -OCH3 is 2. The highest BCUT2D eigenvalue weighted by Gasteiger charge is 2.38. The van der Waals surface area contributed by atoms with Gasteiger partial charge in [-0.3, -0.25) is 4.90 Å². The maximum atomic E-state index is 13.0. The van der Waals surface area contributed by atoms with Crippen molar-refractivity contribution in [3.8, 4) is 5.75 Å². The van der Waals surface area contributed by atoms with Crippen molar-refractivity contribution in [2.45, 2.75) is 16.7 Å². The van der Waals surface area contributed by atoms with Crippen LogP contribution in [0.4, 0.5) is 0 Å². The Morgan fingerprint density at radius 2 is 2.00 bits per heavy atom. The average molecular weight is 389 g/mol. The summed E-state index contributed by atoms with van der Waals surface area (Å²) in [4.78, 5) is 14.3. The van der Waals surface area contributed by atoms with Gasteiger partial charge in [-0.1, -0.05) is 0 Å². The zero-order valence-electron chi connectivity index (χ0n) is 14.4. The quantitative estimate of drug-likeness (QED) is 0.720. The van der Waals surface area contributed by atoms with E-state index in [4.69, 9.17) is 4.74 Å². The van der Waals surface area contributed by atoms with Crippen molar-refractivity contribution < 1.29 is 22.7 Å². The van der Waals surface area contributed by atoms with Crippen LogP contribution in [0.15, 0.2) is 10.3 Å². The number of ether oxygens (including phenoxy) is 2. The lowest BCUT2D eigenvalue weighted by Crippen LogP contribution is -2.49. The predicted octanol–water partition coefficient (Wildman–Crippen LogP) is 0.212. The summed E-state index contributed by atoms with van der Waals surface area (Å²) < 4.78 is 37.5. The van der Waals surface area contributed by atoms with Crippen molar-refractivity contribution in [3.05, 3.63) is 10.9 Å². The number of nitrogens with one attached hydrogen (secondary N) is 1. The second-order valence-electron chi connectivity index (χ2n) is 6.05. The lowest BCUT2D eigenvalue weighted by atomic mass is 10.2. The molecule has 1 aromatic rings. The first-order valence-corrected chi connectivity index (χ1v) is 10.4. The van der Waals surface area contributed by atoms with Crippen LogP contribution >= 0.6 is 11.3 Å². The Kier molecular flexibility index (Phi) is 5.64. The van der Waals surface area contributed by atoms with Crippen LogP contribution in [0.2, 0.25) is 0 Å². The highest BCUT2D eigenvalue weighted by atomic mass is 32.2. The molecule has 140 valence electrons. The highest BCUT2D eigenvalue weighted by Crippen LogP contribution is 2.37. The van der Waals surface area contributed by atoms with Gasteiger partial charge < -0.3 is 14.8 Å². The minimum absolute atomic E-state index is 0.0661. The molecule has 2 saturated heterocycles. The maximum Gasteiger partial charge on any atom is 0.348 e. The third-order valence-electron chi connectivity index (χ3n) is 4.64. The largest absolute Gasteiger partial charge is 0.494 e. The molecule has 0 aromatic carbocycles. The lowest BCUT2D eigenvalue weighted by Gasteiger charge is -2.32. The molecule has 8 nitrogen and oxygen atoms in total. The van der Waals surface area contributed by atoms with Crippen molar-refractivity contribution in [3.63, 3.8) is 0 Å². The summed E-state index contributed by atoms with van der Waals surface area (Å²) in [6, 6.07) is 1.66. The summed E-state index contributed by atoms with van der Waals surface area (Å²) in [7, 11) is -1.03. The zero-order valence-corrected chi connectivity index (χ0v) is 16.0. The van der Waals surface area contributed by atoms with E-state index in [1.807, 2.05) is 0 Å². The fraction of sp³-hybridized carbons (Fsp3) is 0.667. The molecule has 10 heteroatoms. The summed E-state index contributed by atoms with van der Waals surface area (Å²) in [5, 5.41) is 3.31. The van der Waals surface area contributed by atoms with Crippen molar-refractivity contribution in [2.24, 2.45) is 0 Å². The second kappa shape index (κ2) is 7.58. The van der Waals surface area contributed by atoms with Gasteiger partial charge in [0.2, 0.25) is 0 Å². The number of esters is 1. The van der Waals surface area contributed by atoms with E-state index in [-0.39, 0.29) is 20.9 Å². The Balaban J connectivity index is 1.80. The van der Waals surface area contributed by atoms with Gasteiger partial charge in [0.15, 0.2) is 9.96 Å². The number of sulfonamides is 1.